The van der Waals surface area contributed by atoms with Crippen molar-refractivity contribution < 1.29 is 14.1 Å². The predicted octanol–water partition coefficient (Wildman–Crippen LogP) is 3.78. The van der Waals surface area contributed by atoms with Gasteiger partial charge in [-0.05, 0) is 51.3 Å². The zero-order valence-corrected chi connectivity index (χ0v) is 19.3. The van der Waals surface area contributed by atoms with Crippen molar-refractivity contribution in [1.82, 2.24) is 24.6 Å². The molecule has 1 saturated heterocycles. The number of rotatable bonds is 7. The topological polar surface area (TPSA) is 86.3 Å². The third-order valence-corrected chi connectivity index (χ3v) is 6.58. The van der Waals surface area contributed by atoms with Crippen LogP contribution < -0.4 is 0 Å². The van der Waals surface area contributed by atoms with Gasteiger partial charge in [-0.1, -0.05) is 12.1 Å². The lowest BCUT2D eigenvalue weighted by atomic mass is 9.79. The number of nitrogens with zero attached hydrogens (tertiary/aromatic N) is 5. The molecule has 0 bridgehead atoms. The molecule has 0 spiro atoms. The molecule has 1 amide bonds. The SMILES string of the molecule is COCCCn1c(C)cc(C(=O)N2CCC(C)(c3noc(-c4ccncc4)n3)CC2)c1C. The molecule has 1 aliphatic rings. The van der Waals surface area contributed by atoms with E-state index in [1.54, 1.807) is 19.5 Å². The Bertz CT molecular complexity index is 1060. The first-order valence-electron chi connectivity index (χ1n) is 11.1. The van der Waals surface area contributed by atoms with Gasteiger partial charge in [0.2, 0.25) is 0 Å². The first-order chi connectivity index (χ1) is 15.4. The molecule has 1 aliphatic heterocycles. The number of piperidine rings is 1. The summed E-state index contributed by atoms with van der Waals surface area (Å²) in [6.45, 7) is 9.14. The summed E-state index contributed by atoms with van der Waals surface area (Å²) in [5.41, 5.74) is 3.57. The smallest absolute Gasteiger partial charge is 0.258 e. The molecule has 4 heterocycles. The zero-order chi connectivity index (χ0) is 22.7. The molecular weight excluding hydrogens is 406 g/mol. The summed E-state index contributed by atoms with van der Waals surface area (Å²) in [5, 5.41) is 4.26. The lowest BCUT2D eigenvalue weighted by Crippen LogP contribution is -2.44. The van der Waals surface area contributed by atoms with Crippen molar-refractivity contribution in [1.29, 1.82) is 0 Å². The van der Waals surface area contributed by atoms with Crippen molar-refractivity contribution in [2.45, 2.75) is 52.0 Å². The molecule has 0 atom stereocenters. The first-order valence-corrected chi connectivity index (χ1v) is 11.1. The van der Waals surface area contributed by atoms with Crippen molar-refractivity contribution in [2.24, 2.45) is 0 Å². The summed E-state index contributed by atoms with van der Waals surface area (Å²) in [7, 11) is 1.71. The van der Waals surface area contributed by atoms with Crippen LogP contribution in [0.5, 0.6) is 0 Å². The maximum atomic E-state index is 13.3. The number of pyridine rings is 1. The molecule has 8 nitrogen and oxygen atoms in total. The summed E-state index contributed by atoms with van der Waals surface area (Å²) in [6, 6.07) is 5.72. The number of carbonyl (C=O) groups is 1. The minimum absolute atomic E-state index is 0.101. The van der Waals surface area contributed by atoms with Crippen LogP contribution in [0.3, 0.4) is 0 Å². The van der Waals surface area contributed by atoms with E-state index in [2.05, 4.69) is 33.5 Å². The quantitative estimate of drug-likeness (QED) is 0.523. The molecule has 170 valence electrons. The molecule has 4 rings (SSSR count). The highest BCUT2D eigenvalue weighted by Crippen LogP contribution is 2.35. The van der Waals surface area contributed by atoms with Crippen molar-refractivity contribution in [3.8, 4) is 11.5 Å². The maximum Gasteiger partial charge on any atom is 0.258 e. The molecule has 1 fully saturated rings. The van der Waals surface area contributed by atoms with E-state index < -0.39 is 0 Å². The first kappa shape index (κ1) is 22.2. The Morgan fingerprint density at radius 2 is 1.94 bits per heavy atom. The second-order valence-electron chi connectivity index (χ2n) is 8.79. The molecule has 0 saturated carbocycles. The van der Waals surface area contributed by atoms with Gasteiger partial charge in [-0.3, -0.25) is 9.78 Å². The normalized spacial score (nSPS) is 15.8. The molecule has 3 aromatic heterocycles. The van der Waals surface area contributed by atoms with E-state index in [0.29, 0.717) is 31.4 Å². The highest BCUT2D eigenvalue weighted by atomic mass is 16.5. The van der Waals surface area contributed by atoms with E-state index in [9.17, 15) is 4.79 Å². The van der Waals surface area contributed by atoms with Crippen molar-refractivity contribution >= 4 is 5.91 Å². The van der Waals surface area contributed by atoms with Crippen LogP contribution in [-0.2, 0) is 16.7 Å². The van der Waals surface area contributed by atoms with Gasteiger partial charge < -0.3 is 18.7 Å². The summed E-state index contributed by atoms with van der Waals surface area (Å²) in [6.07, 6.45) is 5.93. The van der Waals surface area contributed by atoms with Crippen LogP contribution in [0.15, 0.2) is 35.1 Å². The fraction of sp³-hybridized carbons (Fsp3) is 0.500. The summed E-state index contributed by atoms with van der Waals surface area (Å²) in [5.74, 6) is 1.31. The van der Waals surface area contributed by atoms with Gasteiger partial charge in [0.1, 0.15) is 0 Å². The third kappa shape index (κ3) is 4.32. The Kier molecular flexibility index (Phi) is 6.41. The lowest BCUT2D eigenvalue weighted by Gasteiger charge is -2.37. The van der Waals surface area contributed by atoms with Crippen molar-refractivity contribution in [3.05, 3.63) is 53.4 Å². The summed E-state index contributed by atoms with van der Waals surface area (Å²) < 4.78 is 12.9. The van der Waals surface area contributed by atoms with Gasteiger partial charge in [-0.15, -0.1) is 0 Å². The fourth-order valence-corrected chi connectivity index (χ4v) is 4.41. The number of ether oxygens (including phenoxy) is 1. The highest BCUT2D eigenvalue weighted by Gasteiger charge is 2.38. The number of hydrogen-bond donors (Lipinski definition) is 0. The number of aromatic nitrogens is 4. The second kappa shape index (κ2) is 9.24. The van der Waals surface area contributed by atoms with E-state index >= 15 is 0 Å². The minimum Gasteiger partial charge on any atom is -0.385 e. The standard InChI is InChI=1S/C24H31N5O3/c1-17-16-20(18(2)29(17)12-5-15-31-4)22(30)28-13-8-24(3,9-14-28)23-26-21(32-27-23)19-6-10-25-11-7-19/h6-7,10-11,16H,5,8-9,12-15H2,1-4H3. The van der Waals surface area contributed by atoms with Gasteiger partial charge in [0.25, 0.3) is 11.8 Å². The Hall–Kier alpha value is -3.00. The number of amides is 1. The second-order valence-corrected chi connectivity index (χ2v) is 8.79. The molecule has 32 heavy (non-hydrogen) atoms. The number of likely N-dealkylation sites (tertiary alicyclic amines) is 1. The fourth-order valence-electron chi connectivity index (χ4n) is 4.41. The van der Waals surface area contributed by atoms with E-state index in [-0.39, 0.29) is 11.3 Å². The van der Waals surface area contributed by atoms with E-state index in [1.165, 1.54) is 0 Å². The van der Waals surface area contributed by atoms with Crippen LogP contribution >= 0.6 is 0 Å². The van der Waals surface area contributed by atoms with Crippen LogP contribution in [0.1, 0.15) is 53.8 Å². The molecule has 0 radical (unpaired) electrons. The molecule has 3 aromatic rings. The lowest BCUT2D eigenvalue weighted by molar-refractivity contribution is 0.0669. The van der Waals surface area contributed by atoms with Crippen LogP contribution in [0, 0.1) is 13.8 Å². The Morgan fingerprint density at radius 3 is 2.62 bits per heavy atom. The Labute approximate surface area is 188 Å². The summed E-state index contributed by atoms with van der Waals surface area (Å²) in [4.78, 5) is 23.9. The van der Waals surface area contributed by atoms with Crippen LogP contribution in [0.4, 0.5) is 0 Å². The van der Waals surface area contributed by atoms with Gasteiger partial charge in [0, 0.05) is 68.1 Å². The molecule has 0 aromatic carbocycles. The van der Waals surface area contributed by atoms with Crippen LogP contribution in [0.25, 0.3) is 11.5 Å². The van der Waals surface area contributed by atoms with E-state index in [0.717, 1.165) is 48.3 Å². The largest absolute Gasteiger partial charge is 0.385 e. The number of hydrogen-bond acceptors (Lipinski definition) is 6. The molecule has 0 unspecified atom stereocenters. The average molecular weight is 438 g/mol. The monoisotopic (exact) mass is 437 g/mol. The molecule has 8 heteroatoms. The van der Waals surface area contributed by atoms with Gasteiger partial charge in [0.05, 0.1) is 5.56 Å². The highest BCUT2D eigenvalue weighted by molar-refractivity contribution is 5.95. The van der Waals surface area contributed by atoms with E-state index in [1.807, 2.05) is 30.0 Å². The van der Waals surface area contributed by atoms with Gasteiger partial charge in [-0.25, -0.2) is 0 Å². The molecule has 0 aliphatic carbocycles. The predicted molar refractivity (Wildman–Crippen MR) is 120 cm³/mol. The number of methoxy groups -OCH3 is 1. The van der Waals surface area contributed by atoms with Crippen LogP contribution in [-0.4, -0.2) is 57.3 Å². The maximum absolute atomic E-state index is 13.3. The summed E-state index contributed by atoms with van der Waals surface area (Å²) >= 11 is 0. The number of carbonyl (C=O) groups excluding carboxylic acids is 1. The van der Waals surface area contributed by atoms with Gasteiger partial charge in [0.15, 0.2) is 5.82 Å². The zero-order valence-electron chi connectivity index (χ0n) is 19.3. The molecular formula is C24H31N5O3. The van der Waals surface area contributed by atoms with Crippen LogP contribution in [0.2, 0.25) is 0 Å². The van der Waals surface area contributed by atoms with Gasteiger partial charge >= 0.3 is 0 Å². The molecule has 0 N–H and O–H groups in total. The Morgan fingerprint density at radius 1 is 1.22 bits per heavy atom. The van der Waals surface area contributed by atoms with Crippen molar-refractivity contribution in [3.63, 3.8) is 0 Å². The average Bonchev–Trinajstić information content (AvgIpc) is 3.41. The van der Waals surface area contributed by atoms with Gasteiger partial charge in [-0.2, -0.15) is 4.98 Å². The van der Waals surface area contributed by atoms with E-state index in [4.69, 9.17) is 9.26 Å². The Balaban J connectivity index is 1.43. The minimum atomic E-state index is -0.220. The van der Waals surface area contributed by atoms with Crippen molar-refractivity contribution in [2.75, 3.05) is 26.8 Å². The third-order valence-electron chi connectivity index (χ3n) is 6.58. The number of aryl methyl sites for hydroxylation is 1.